The highest BCUT2D eigenvalue weighted by molar-refractivity contribution is 7.92. The van der Waals surface area contributed by atoms with E-state index >= 15 is 0 Å². The number of nitrogens with one attached hydrogen (secondary N) is 1. The van der Waals surface area contributed by atoms with Gasteiger partial charge < -0.3 is 10.5 Å². The van der Waals surface area contributed by atoms with Gasteiger partial charge in [-0.3, -0.25) is 24.0 Å². The molecule has 0 radical (unpaired) electrons. The number of rotatable bonds is 6. The summed E-state index contributed by atoms with van der Waals surface area (Å²) in [6.45, 7) is 0. The highest BCUT2D eigenvalue weighted by Crippen LogP contribution is 2.32. The predicted molar refractivity (Wildman–Crippen MR) is 100 cm³/mol. The number of anilines is 2. The first kappa shape index (κ1) is 19.4. The Labute approximate surface area is 161 Å². The lowest BCUT2D eigenvalue weighted by atomic mass is 10.2. The third-order valence-electron chi connectivity index (χ3n) is 4.17. The van der Waals surface area contributed by atoms with Gasteiger partial charge in [-0.1, -0.05) is 0 Å². The van der Waals surface area contributed by atoms with E-state index in [1.165, 1.54) is 49.6 Å². The molecule has 0 aromatic heterocycles. The Bertz CT molecular complexity index is 1050. The third-order valence-corrected chi connectivity index (χ3v) is 5.57. The lowest BCUT2D eigenvalue weighted by Crippen LogP contribution is -2.28. The first-order valence-corrected chi connectivity index (χ1v) is 9.68. The van der Waals surface area contributed by atoms with Crippen LogP contribution in [0, 0.1) is 0 Å². The Morgan fingerprint density at radius 1 is 1.07 bits per heavy atom. The second kappa shape index (κ2) is 7.31. The molecule has 0 unspecified atom stereocenters. The van der Waals surface area contributed by atoms with Crippen molar-refractivity contribution in [2.45, 2.75) is 17.7 Å². The van der Waals surface area contributed by atoms with Gasteiger partial charge in [-0.25, -0.2) is 8.42 Å². The van der Waals surface area contributed by atoms with Gasteiger partial charge in [0.2, 0.25) is 17.7 Å². The first-order chi connectivity index (χ1) is 13.2. The van der Waals surface area contributed by atoms with Gasteiger partial charge in [-0.2, -0.15) is 0 Å². The van der Waals surface area contributed by atoms with Gasteiger partial charge >= 0.3 is 0 Å². The number of nitrogens with two attached hydrogens (primary N) is 1. The number of carbonyl (C=O) groups excluding carboxylic acids is 3. The topological polar surface area (TPSA) is 136 Å². The fraction of sp³-hybridized carbons (Fsp3) is 0.167. The number of hydrogen-bond donors (Lipinski definition) is 2. The van der Waals surface area contributed by atoms with Gasteiger partial charge in [0.15, 0.2) is 0 Å². The second-order valence-electron chi connectivity index (χ2n) is 6.01. The number of methoxy groups -OCH3 is 1. The summed E-state index contributed by atoms with van der Waals surface area (Å²) >= 11 is 0. The molecule has 2 aromatic carbocycles. The number of ether oxygens (including phenoxy) is 1. The minimum Gasteiger partial charge on any atom is -0.495 e. The van der Waals surface area contributed by atoms with Gasteiger partial charge in [-0.05, 0) is 42.5 Å². The molecule has 0 bridgehead atoms. The van der Waals surface area contributed by atoms with E-state index in [0.29, 0.717) is 0 Å². The van der Waals surface area contributed by atoms with E-state index in [2.05, 4.69) is 4.72 Å². The fourth-order valence-corrected chi connectivity index (χ4v) is 4.04. The van der Waals surface area contributed by atoms with Crippen molar-refractivity contribution in [1.29, 1.82) is 0 Å². The summed E-state index contributed by atoms with van der Waals surface area (Å²) in [5, 5.41) is 0. The molecule has 2 aromatic rings. The maximum absolute atomic E-state index is 12.9. The van der Waals surface area contributed by atoms with Crippen LogP contribution in [0.15, 0.2) is 47.4 Å². The molecule has 146 valence electrons. The van der Waals surface area contributed by atoms with Crippen molar-refractivity contribution in [3.8, 4) is 5.75 Å². The molecule has 1 fully saturated rings. The molecule has 1 aliphatic heterocycles. The number of nitrogens with zero attached hydrogens (tertiary/aromatic N) is 1. The molecule has 28 heavy (non-hydrogen) atoms. The van der Waals surface area contributed by atoms with E-state index in [1.807, 2.05) is 0 Å². The maximum Gasteiger partial charge on any atom is 0.265 e. The largest absolute Gasteiger partial charge is 0.495 e. The van der Waals surface area contributed by atoms with Crippen LogP contribution < -0.4 is 20.1 Å². The lowest BCUT2D eigenvalue weighted by molar-refractivity contribution is -0.121. The van der Waals surface area contributed by atoms with Crippen LogP contribution in [0.25, 0.3) is 0 Å². The van der Waals surface area contributed by atoms with Gasteiger partial charge in [0.1, 0.15) is 10.6 Å². The molecule has 10 heteroatoms. The monoisotopic (exact) mass is 403 g/mol. The molecule has 9 nitrogen and oxygen atoms in total. The Kier molecular flexibility index (Phi) is 5.06. The Morgan fingerprint density at radius 3 is 2.21 bits per heavy atom. The van der Waals surface area contributed by atoms with Crippen LogP contribution in [0.5, 0.6) is 5.75 Å². The minimum absolute atomic E-state index is 0.0455. The van der Waals surface area contributed by atoms with Crippen molar-refractivity contribution in [2.75, 3.05) is 16.7 Å². The molecule has 0 atom stereocenters. The van der Waals surface area contributed by atoms with Gasteiger partial charge in [0.25, 0.3) is 10.0 Å². The van der Waals surface area contributed by atoms with Crippen molar-refractivity contribution in [3.63, 3.8) is 0 Å². The smallest absolute Gasteiger partial charge is 0.265 e. The van der Waals surface area contributed by atoms with Gasteiger partial charge in [-0.15, -0.1) is 0 Å². The number of amides is 3. The Balaban J connectivity index is 1.98. The van der Waals surface area contributed by atoms with E-state index in [4.69, 9.17) is 10.5 Å². The van der Waals surface area contributed by atoms with Crippen LogP contribution >= 0.6 is 0 Å². The highest BCUT2D eigenvalue weighted by Gasteiger charge is 2.32. The average molecular weight is 403 g/mol. The number of sulfonamides is 1. The summed E-state index contributed by atoms with van der Waals surface area (Å²) in [5.74, 6) is -1.38. The predicted octanol–water partition coefficient (Wildman–Crippen LogP) is 1.25. The van der Waals surface area contributed by atoms with Crippen LogP contribution in [0.2, 0.25) is 0 Å². The van der Waals surface area contributed by atoms with Gasteiger partial charge in [0.05, 0.1) is 12.8 Å². The molecule has 0 aliphatic carbocycles. The van der Waals surface area contributed by atoms with Gasteiger partial charge in [0, 0.05) is 24.1 Å². The highest BCUT2D eigenvalue weighted by atomic mass is 32.2. The normalized spacial score (nSPS) is 14.2. The molecule has 3 amide bonds. The number of carbonyl (C=O) groups is 3. The summed E-state index contributed by atoms with van der Waals surface area (Å²) in [6.07, 6.45) is 0.162. The molecular weight excluding hydrogens is 386 g/mol. The Hall–Kier alpha value is -3.40. The number of benzene rings is 2. The molecule has 3 rings (SSSR count). The average Bonchev–Trinajstić information content (AvgIpc) is 2.99. The summed E-state index contributed by atoms with van der Waals surface area (Å²) < 4.78 is 33.2. The molecular formula is C18H17N3O6S. The number of imide groups is 1. The van der Waals surface area contributed by atoms with Crippen molar-refractivity contribution in [3.05, 3.63) is 48.0 Å². The van der Waals surface area contributed by atoms with E-state index in [0.717, 1.165) is 4.90 Å². The molecule has 3 N–H and O–H groups in total. The second-order valence-corrected chi connectivity index (χ2v) is 7.66. The van der Waals surface area contributed by atoms with Crippen molar-refractivity contribution in [1.82, 2.24) is 0 Å². The molecule has 1 heterocycles. The van der Waals surface area contributed by atoms with Crippen LogP contribution in [0.3, 0.4) is 0 Å². The van der Waals surface area contributed by atoms with Crippen molar-refractivity contribution >= 4 is 39.1 Å². The molecule has 1 saturated heterocycles. The first-order valence-electron chi connectivity index (χ1n) is 8.19. The van der Waals surface area contributed by atoms with E-state index in [1.54, 1.807) is 0 Å². The van der Waals surface area contributed by atoms with Crippen LogP contribution in [-0.2, 0) is 19.6 Å². The SMILES string of the molecule is COc1ccc(N2C(=O)CCC2=O)cc1S(=O)(=O)Nc1ccc(C(N)=O)cc1. The summed E-state index contributed by atoms with van der Waals surface area (Å²) in [7, 11) is -2.81. The summed E-state index contributed by atoms with van der Waals surface area (Å²) in [6, 6.07) is 9.58. The Morgan fingerprint density at radius 2 is 1.68 bits per heavy atom. The summed E-state index contributed by atoms with van der Waals surface area (Å²) in [4.78, 5) is 35.7. The number of hydrogen-bond acceptors (Lipinski definition) is 6. The van der Waals surface area contributed by atoms with Crippen molar-refractivity contribution < 1.29 is 27.5 Å². The summed E-state index contributed by atoms with van der Waals surface area (Å²) in [5.41, 5.74) is 5.75. The van der Waals surface area contributed by atoms with E-state index in [9.17, 15) is 22.8 Å². The lowest BCUT2D eigenvalue weighted by Gasteiger charge is -2.17. The van der Waals surface area contributed by atoms with Crippen LogP contribution in [0.4, 0.5) is 11.4 Å². The van der Waals surface area contributed by atoms with Crippen LogP contribution in [0.1, 0.15) is 23.2 Å². The maximum atomic E-state index is 12.9. The fourth-order valence-electron chi connectivity index (χ4n) is 2.79. The molecule has 1 aliphatic rings. The zero-order chi connectivity index (χ0) is 20.5. The number of primary amides is 1. The minimum atomic E-state index is -4.12. The third kappa shape index (κ3) is 3.67. The van der Waals surface area contributed by atoms with E-state index < -0.39 is 27.7 Å². The van der Waals surface area contributed by atoms with Crippen molar-refractivity contribution in [2.24, 2.45) is 5.73 Å². The molecule has 0 spiro atoms. The zero-order valence-corrected chi connectivity index (χ0v) is 15.7. The van der Waals surface area contributed by atoms with E-state index in [-0.39, 0.29) is 40.4 Å². The zero-order valence-electron chi connectivity index (χ0n) is 14.8. The molecule has 0 saturated carbocycles. The quantitative estimate of drug-likeness (QED) is 0.697. The standard InChI is InChI=1S/C18H17N3O6S/c1-27-14-7-6-13(21-16(22)8-9-17(21)23)10-15(14)28(25,26)20-12-4-2-11(3-5-12)18(19)24/h2-7,10,20H,8-9H2,1H3,(H2,19,24). The van der Waals surface area contributed by atoms with Crippen LogP contribution in [-0.4, -0.2) is 33.2 Å².